The standard InChI is InChI=1S/C16H19NO5/c1-3-21-15(19)11-4-6-12(7-5-11)17-14(18)9-22-16(20)13-8-10(13)2/h4-7,10,13H,3,8-9H2,1-2H3,(H,17,18)/t10-,13+/m1/s1. The van der Waals surface area contributed by atoms with Gasteiger partial charge in [0.1, 0.15) is 0 Å². The molecule has 6 nitrogen and oxygen atoms in total. The average Bonchev–Trinajstić information content (AvgIpc) is 3.23. The summed E-state index contributed by atoms with van der Waals surface area (Å²) in [4.78, 5) is 34.7. The zero-order valence-electron chi connectivity index (χ0n) is 12.6. The minimum Gasteiger partial charge on any atom is -0.462 e. The number of amides is 1. The molecule has 0 aliphatic heterocycles. The normalized spacial score (nSPS) is 19.2. The molecule has 1 amide bonds. The first-order chi connectivity index (χ1) is 10.5. The molecule has 1 aromatic carbocycles. The number of benzene rings is 1. The Labute approximate surface area is 128 Å². The first-order valence-electron chi connectivity index (χ1n) is 7.25. The van der Waals surface area contributed by atoms with Gasteiger partial charge in [-0.2, -0.15) is 0 Å². The molecule has 1 aromatic rings. The third-order valence-electron chi connectivity index (χ3n) is 3.44. The average molecular weight is 305 g/mol. The maximum atomic E-state index is 11.7. The Morgan fingerprint density at radius 2 is 1.82 bits per heavy atom. The van der Waals surface area contributed by atoms with Crippen LogP contribution in [0.3, 0.4) is 0 Å². The zero-order valence-corrected chi connectivity index (χ0v) is 12.6. The Morgan fingerprint density at radius 3 is 2.36 bits per heavy atom. The molecular formula is C16H19NO5. The number of hydrogen-bond donors (Lipinski definition) is 1. The Kier molecular flexibility index (Phi) is 5.14. The minimum atomic E-state index is -0.412. The lowest BCUT2D eigenvalue weighted by molar-refractivity contribution is -0.148. The molecule has 22 heavy (non-hydrogen) atoms. The van der Waals surface area contributed by atoms with E-state index in [2.05, 4.69) is 5.32 Å². The van der Waals surface area contributed by atoms with E-state index in [0.717, 1.165) is 6.42 Å². The number of esters is 2. The van der Waals surface area contributed by atoms with Crippen LogP contribution in [0.4, 0.5) is 5.69 Å². The molecule has 118 valence electrons. The number of ether oxygens (including phenoxy) is 2. The van der Waals surface area contributed by atoms with Gasteiger partial charge >= 0.3 is 11.9 Å². The van der Waals surface area contributed by atoms with Crippen molar-refractivity contribution in [3.8, 4) is 0 Å². The van der Waals surface area contributed by atoms with Crippen LogP contribution < -0.4 is 5.32 Å². The fraction of sp³-hybridized carbons (Fsp3) is 0.438. The quantitative estimate of drug-likeness (QED) is 0.813. The van der Waals surface area contributed by atoms with Crippen molar-refractivity contribution in [1.29, 1.82) is 0 Å². The number of hydrogen-bond acceptors (Lipinski definition) is 5. The summed E-state index contributed by atoms with van der Waals surface area (Å²) in [6, 6.07) is 6.31. The number of carbonyl (C=O) groups is 3. The first kappa shape index (κ1) is 16.0. The van der Waals surface area contributed by atoms with E-state index in [-0.39, 0.29) is 18.5 Å². The molecule has 0 radical (unpaired) electrons. The van der Waals surface area contributed by atoms with Crippen molar-refractivity contribution >= 4 is 23.5 Å². The molecule has 0 saturated heterocycles. The van der Waals surface area contributed by atoms with Gasteiger partial charge < -0.3 is 14.8 Å². The SMILES string of the molecule is CCOC(=O)c1ccc(NC(=O)COC(=O)[C@H]2C[C@H]2C)cc1. The lowest BCUT2D eigenvalue weighted by Gasteiger charge is -2.07. The molecule has 0 bridgehead atoms. The lowest BCUT2D eigenvalue weighted by Crippen LogP contribution is -2.21. The van der Waals surface area contributed by atoms with Crippen molar-refractivity contribution in [2.45, 2.75) is 20.3 Å². The van der Waals surface area contributed by atoms with E-state index in [1.165, 1.54) is 0 Å². The van der Waals surface area contributed by atoms with Gasteiger partial charge in [-0.15, -0.1) is 0 Å². The Morgan fingerprint density at radius 1 is 1.18 bits per heavy atom. The number of anilines is 1. The minimum absolute atomic E-state index is 0.0586. The number of rotatable bonds is 6. The molecule has 0 spiro atoms. The van der Waals surface area contributed by atoms with Crippen molar-refractivity contribution in [1.82, 2.24) is 0 Å². The van der Waals surface area contributed by atoms with Crippen LogP contribution in [0.2, 0.25) is 0 Å². The van der Waals surface area contributed by atoms with Crippen LogP contribution in [0.1, 0.15) is 30.6 Å². The van der Waals surface area contributed by atoms with Crippen molar-refractivity contribution in [3.63, 3.8) is 0 Å². The van der Waals surface area contributed by atoms with Crippen LogP contribution in [-0.4, -0.2) is 31.1 Å². The van der Waals surface area contributed by atoms with Gasteiger partial charge in [0.25, 0.3) is 5.91 Å². The van der Waals surface area contributed by atoms with Gasteiger partial charge in [-0.3, -0.25) is 9.59 Å². The van der Waals surface area contributed by atoms with Crippen LogP contribution in [-0.2, 0) is 19.1 Å². The Hall–Kier alpha value is -2.37. The van der Waals surface area contributed by atoms with Crippen molar-refractivity contribution in [2.75, 3.05) is 18.5 Å². The van der Waals surface area contributed by atoms with E-state index in [1.54, 1.807) is 31.2 Å². The molecule has 1 N–H and O–H groups in total. The Bertz CT molecular complexity index is 566. The molecule has 0 aromatic heterocycles. The van der Waals surface area contributed by atoms with Gasteiger partial charge in [-0.1, -0.05) is 6.92 Å². The highest BCUT2D eigenvalue weighted by molar-refractivity contribution is 5.94. The van der Waals surface area contributed by atoms with Gasteiger partial charge in [-0.25, -0.2) is 4.79 Å². The van der Waals surface area contributed by atoms with Gasteiger partial charge in [0.2, 0.25) is 0 Å². The van der Waals surface area contributed by atoms with E-state index in [0.29, 0.717) is 23.8 Å². The predicted octanol–water partition coefficient (Wildman–Crippen LogP) is 2.00. The second kappa shape index (κ2) is 7.06. The lowest BCUT2D eigenvalue weighted by atomic mass is 10.2. The number of carbonyl (C=O) groups excluding carboxylic acids is 3. The summed E-state index contributed by atoms with van der Waals surface area (Å²) >= 11 is 0. The van der Waals surface area contributed by atoms with E-state index in [9.17, 15) is 14.4 Å². The number of nitrogens with one attached hydrogen (secondary N) is 1. The fourth-order valence-electron chi connectivity index (χ4n) is 2.00. The highest BCUT2D eigenvalue weighted by atomic mass is 16.5. The summed E-state index contributed by atoms with van der Waals surface area (Å²) in [5.41, 5.74) is 0.933. The van der Waals surface area contributed by atoms with E-state index >= 15 is 0 Å². The summed E-state index contributed by atoms with van der Waals surface area (Å²) in [5, 5.41) is 2.60. The second-order valence-corrected chi connectivity index (χ2v) is 5.27. The summed E-state index contributed by atoms with van der Waals surface area (Å²) in [7, 11) is 0. The monoisotopic (exact) mass is 305 g/mol. The molecule has 1 saturated carbocycles. The predicted molar refractivity (Wildman–Crippen MR) is 79.3 cm³/mol. The van der Waals surface area contributed by atoms with Gasteiger partial charge in [0.05, 0.1) is 18.1 Å². The summed E-state index contributed by atoms with van der Waals surface area (Å²) < 4.78 is 9.81. The van der Waals surface area contributed by atoms with E-state index in [1.807, 2.05) is 6.92 Å². The largest absolute Gasteiger partial charge is 0.462 e. The molecule has 6 heteroatoms. The van der Waals surface area contributed by atoms with Crippen LogP contribution >= 0.6 is 0 Å². The van der Waals surface area contributed by atoms with Crippen molar-refractivity contribution < 1.29 is 23.9 Å². The molecular weight excluding hydrogens is 286 g/mol. The molecule has 1 aliphatic rings. The molecule has 0 unspecified atom stereocenters. The van der Waals surface area contributed by atoms with Crippen molar-refractivity contribution in [2.24, 2.45) is 11.8 Å². The van der Waals surface area contributed by atoms with E-state index < -0.39 is 11.9 Å². The topological polar surface area (TPSA) is 81.7 Å². The molecule has 1 aliphatic carbocycles. The third kappa shape index (κ3) is 4.31. The Balaban J connectivity index is 1.79. The van der Waals surface area contributed by atoms with Crippen LogP contribution in [0.25, 0.3) is 0 Å². The molecule has 1 fully saturated rings. The summed E-state index contributed by atoms with van der Waals surface area (Å²) in [5.74, 6) is -0.846. The molecule has 2 rings (SSSR count). The van der Waals surface area contributed by atoms with Gasteiger partial charge in [0, 0.05) is 5.69 Å². The van der Waals surface area contributed by atoms with Crippen molar-refractivity contribution in [3.05, 3.63) is 29.8 Å². The van der Waals surface area contributed by atoms with Crippen LogP contribution in [0.15, 0.2) is 24.3 Å². The highest BCUT2D eigenvalue weighted by Crippen LogP contribution is 2.38. The third-order valence-corrected chi connectivity index (χ3v) is 3.44. The smallest absolute Gasteiger partial charge is 0.338 e. The summed E-state index contributed by atoms with van der Waals surface area (Å²) in [6.45, 7) is 3.71. The molecule has 0 heterocycles. The zero-order chi connectivity index (χ0) is 16.1. The van der Waals surface area contributed by atoms with Gasteiger partial charge in [-0.05, 0) is 43.5 Å². The van der Waals surface area contributed by atoms with E-state index in [4.69, 9.17) is 9.47 Å². The second-order valence-electron chi connectivity index (χ2n) is 5.27. The van der Waals surface area contributed by atoms with Gasteiger partial charge in [0.15, 0.2) is 6.61 Å². The highest BCUT2D eigenvalue weighted by Gasteiger charge is 2.40. The van der Waals surface area contributed by atoms with Crippen LogP contribution in [0.5, 0.6) is 0 Å². The first-order valence-corrected chi connectivity index (χ1v) is 7.25. The van der Waals surface area contributed by atoms with Crippen LogP contribution in [0, 0.1) is 11.8 Å². The summed E-state index contributed by atoms with van der Waals surface area (Å²) in [6.07, 6.45) is 0.829. The fourth-order valence-corrected chi connectivity index (χ4v) is 2.00. The maximum Gasteiger partial charge on any atom is 0.338 e. The maximum absolute atomic E-state index is 11.7. The molecule has 2 atom stereocenters.